The molecule has 0 radical (unpaired) electrons. The van der Waals surface area contributed by atoms with Crippen molar-refractivity contribution in [1.29, 1.82) is 0 Å². The Balaban J connectivity index is 2.65. The van der Waals surface area contributed by atoms with Crippen molar-refractivity contribution in [1.82, 2.24) is 4.57 Å². The number of aliphatic hydroxyl groups is 1. The van der Waals surface area contributed by atoms with Crippen molar-refractivity contribution in [3.05, 3.63) is 35.0 Å². The lowest BCUT2D eigenvalue weighted by molar-refractivity contribution is 0.0697. The number of aromatic nitrogens is 1. The fourth-order valence-electron chi connectivity index (χ4n) is 2.51. The van der Waals surface area contributed by atoms with E-state index in [1.54, 1.807) is 12.1 Å². The summed E-state index contributed by atoms with van der Waals surface area (Å²) in [6.45, 7) is 4.93. The number of carboxylic acid groups (broad SMARTS) is 1. The van der Waals surface area contributed by atoms with Gasteiger partial charge in [-0.15, -0.1) is 0 Å². The molecule has 0 aliphatic heterocycles. The first-order valence-corrected chi connectivity index (χ1v) is 6.55. The molecule has 0 atom stereocenters. The van der Waals surface area contributed by atoms with Gasteiger partial charge in [-0.3, -0.25) is 0 Å². The maximum Gasteiger partial charge on any atom is 0.335 e. The van der Waals surface area contributed by atoms with Crippen LogP contribution in [0.5, 0.6) is 0 Å². The van der Waals surface area contributed by atoms with Gasteiger partial charge in [0.25, 0.3) is 0 Å². The van der Waals surface area contributed by atoms with Crippen molar-refractivity contribution in [3.8, 4) is 0 Å². The maximum atomic E-state index is 11.2. The summed E-state index contributed by atoms with van der Waals surface area (Å²) < 4.78 is 2.12. The Labute approximate surface area is 112 Å². The highest BCUT2D eigenvalue weighted by Gasteiger charge is 2.13. The molecule has 0 unspecified atom stereocenters. The highest BCUT2D eigenvalue weighted by Crippen LogP contribution is 2.27. The number of hydrogen-bond acceptors (Lipinski definition) is 2. The lowest BCUT2D eigenvalue weighted by atomic mass is 10.0. The Hall–Kier alpha value is -1.81. The molecule has 0 saturated heterocycles. The van der Waals surface area contributed by atoms with Crippen LogP contribution in [0.2, 0.25) is 0 Å². The lowest BCUT2D eigenvalue weighted by Crippen LogP contribution is -2.02. The standard InChI is InChI=1S/C15H19NO3/c1-3-11-7-12(15(18)19)8-13-10(2)9-16(14(11)13)5-4-6-17/h7-9,17H,3-6H2,1-2H3,(H,18,19). The second-order valence-electron chi connectivity index (χ2n) is 4.77. The van der Waals surface area contributed by atoms with E-state index in [0.717, 1.165) is 35.0 Å². The molecule has 0 fully saturated rings. The molecule has 4 nitrogen and oxygen atoms in total. The van der Waals surface area contributed by atoms with Crippen LogP contribution in [0.1, 0.15) is 34.8 Å². The highest BCUT2D eigenvalue weighted by atomic mass is 16.4. The Morgan fingerprint density at radius 3 is 2.68 bits per heavy atom. The van der Waals surface area contributed by atoms with Gasteiger partial charge in [-0.2, -0.15) is 0 Å². The Morgan fingerprint density at radius 2 is 2.11 bits per heavy atom. The van der Waals surface area contributed by atoms with Gasteiger partial charge >= 0.3 is 5.97 Å². The number of benzene rings is 1. The summed E-state index contributed by atoms with van der Waals surface area (Å²) in [6.07, 6.45) is 3.53. The monoisotopic (exact) mass is 261 g/mol. The van der Waals surface area contributed by atoms with Crippen LogP contribution in [0.3, 0.4) is 0 Å². The van der Waals surface area contributed by atoms with E-state index in [0.29, 0.717) is 12.0 Å². The molecule has 0 saturated carbocycles. The quantitative estimate of drug-likeness (QED) is 0.869. The highest BCUT2D eigenvalue weighted by molar-refractivity contribution is 5.96. The molecule has 1 aromatic heterocycles. The number of nitrogens with zero attached hydrogens (tertiary/aromatic N) is 1. The van der Waals surface area contributed by atoms with Crippen LogP contribution >= 0.6 is 0 Å². The van der Waals surface area contributed by atoms with Gasteiger partial charge in [-0.1, -0.05) is 6.92 Å². The van der Waals surface area contributed by atoms with E-state index in [-0.39, 0.29) is 6.61 Å². The van der Waals surface area contributed by atoms with E-state index in [9.17, 15) is 4.79 Å². The van der Waals surface area contributed by atoms with Crippen LogP contribution in [-0.2, 0) is 13.0 Å². The molecule has 4 heteroatoms. The lowest BCUT2D eigenvalue weighted by Gasteiger charge is -2.09. The van der Waals surface area contributed by atoms with E-state index in [1.165, 1.54) is 0 Å². The van der Waals surface area contributed by atoms with Crippen molar-refractivity contribution in [2.75, 3.05) is 6.61 Å². The molecule has 1 aromatic carbocycles. The van der Waals surface area contributed by atoms with Crippen molar-refractivity contribution in [2.45, 2.75) is 33.2 Å². The summed E-state index contributed by atoms with van der Waals surface area (Å²) >= 11 is 0. The normalized spacial score (nSPS) is 11.1. The van der Waals surface area contributed by atoms with Gasteiger partial charge in [0.15, 0.2) is 0 Å². The summed E-state index contributed by atoms with van der Waals surface area (Å²) in [5.41, 5.74) is 3.55. The third-order valence-corrected chi connectivity index (χ3v) is 3.44. The smallest absolute Gasteiger partial charge is 0.335 e. The number of carboxylic acids is 1. The molecule has 1 heterocycles. The second-order valence-corrected chi connectivity index (χ2v) is 4.77. The van der Waals surface area contributed by atoms with E-state index < -0.39 is 5.97 Å². The van der Waals surface area contributed by atoms with Gasteiger partial charge in [0.2, 0.25) is 0 Å². The van der Waals surface area contributed by atoms with E-state index in [2.05, 4.69) is 4.57 Å². The fourth-order valence-corrected chi connectivity index (χ4v) is 2.51. The minimum Gasteiger partial charge on any atom is -0.478 e. The molecule has 0 aliphatic rings. The summed E-state index contributed by atoms with van der Waals surface area (Å²) in [4.78, 5) is 11.2. The zero-order chi connectivity index (χ0) is 14.0. The van der Waals surface area contributed by atoms with Gasteiger partial charge < -0.3 is 14.8 Å². The number of aromatic carboxylic acids is 1. The maximum absolute atomic E-state index is 11.2. The average Bonchev–Trinajstić information content (AvgIpc) is 2.72. The molecule has 2 aromatic rings. The van der Waals surface area contributed by atoms with Crippen LogP contribution < -0.4 is 0 Å². The molecule has 102 valence electrons. The Kier molecular flexibility index (Phi) is 3.90. The van der Waals surface area contributed by atoms with Crippen molar-refractivity contribution < 1.29 is 15.0 Å². The molecular formula is C15H19NO3. The number of hydrogen-bond donors (Lipinski definition) is 2. The third kappa shape index (κ3) is 2.49. The molecule has 2 N–H and O–H groups in total. The SMILES string of the molecule is CCc1cc(C(=O)O)cc2c(C)cn(CCCO)c12. The minimum absolute atomic E-state index is 0.160. The molecule has 0 bridgehead atoms. The van der Waals surface area contributed by atoms with Crippen molar-refractivity contribution in [2.24, 2.45) is 0 Å². The molecular weight excluding hydrogens is 242 g/mol. The first-order valence-electron chi connectivity index (χ1n) is 6.55. The molecule has 0 spiro atoms. The minimum atomic E-state index is -0.890. The molecule has 2 rings (SSSR count). The van der Waals surface area contributed by atoms with E-state index >= 15 is 0 Å². The molecule has 0 aliphatic carbocycles. The topological polar surface area (TPSA) is 62.5 Å². The zero-order valence-electron chi connectivity index (χ0n) is 11.3. The van der Waals surface area contributed by atoms with Crippen LogP contribution in [0, 0.1) is 6.92 Å². The number of aliphatic hydroxyl groups excluding tert-OH is 1. The number of rotatable bonds is 5. The Bertz CT molecular complexity index is 613. The van der Waals surface area contributed by atoms with Gasteiger partial charge in [0.1, 0.15) is 0 Å². The number of carbonyl (C=O) groups is 1. The van der Waals surface area contributed by atoms with Crippen LogP contribution in [0.4, 0.5) is 0 Å². The summed E-state index contributed by atoms with van der Waals surface area (Å²) in [5.74, 6) is -0.890. The first kappa shape index (κ1) is 13.6. The predicted molar refractivity (Wildman–Crippen MR) is 74.7 cm³/mol. The molecule has 19 heavy (non-hydrogen) atoms. The average molecular weight is 261 g/mol. The van der Waals surface area contributed by atoms with E-state index in [4.69, 9.17) is 10.2 Å². The predicted octanol–water partition coefficient (Wildman–Crippen LogP) is 2.59. The summed E-state index contributed by atoms with van der Waals surface area (Å²) in [6, 6.07) is 3.49. The zero-order valence-corrected chi connectivity index (χ0v) is 11.3. The molecule has 0 amide bonds. The van der Waals surface area contributed by atoms with Crippen molar-refractivity contribution in [3.63, 3.8) is 0 Å². The van der Waals surface area contributed by atoms with Gasteiger partial charge in [0.05, 0.1) is 11.1 Å². The van der Waals surface area contributed by atoms with Gasteiger partial charge in [-0.25, -0.2) is 4.79 Å². The summed E-state index contributed by atoms with van der Waals surface area (Å²) in [7, 11) is 0. The first-order chi connectivity index (χ1) is 9.08. The van der Waals surface area contributed by atoms with Crippen LogP contribution in [-0.4, -0.2) is 27.4 Å². The number of aryl methyl sites for hydroxylation is 3. The third-order valence-electron chi connectivity index (χ3n) is 3.44. The van der Waals surface area contributed by atoms with Crippen LogP contribution in [0.25, 0.3) is 10.9 Å². The second kappa shape index (κ2) is 5.45. The summed E-state index contributed by atoms with van der Waals surface area (Å²) in [5, 5.41) is 19.1. The van der Waals surface area contributed by atoms with Gasteiger partial charge in [-0.05, 0) is 43.0 Å². The van der Waals surface area contributed by atoms with Gasteiger partial charge in [0, 0.05) is 24.7 Å². The Morgan fingerprint density at radius 1 is 1.37 bits per heavy atom. The number of fused-ring (bicyclic) bond motifs is 1. The van der Waals surface area contributed by atoms with E-state index in [1.807, 2.05) is 20.0 Å². The van der Waals surface area contributed by atoms with Crippen molar-refractivity contribution >= 4 is 16.9 Å². The fraction of sp³-hybridized carbons (Fsp3) is 0.400. The largest absolute Gasteiger partial charge is 0.478 e. The van der Waals surface area contributed by atoms with Crippen LogP contribution in [0.15, 0.2) is 18.3 Å².